The monoisotopic (exact) mass is 415 g/mol. The first kappa shape index (κ1) is 19.6. The lowest BCUT2D eigenvalue weighted by Crippen LogP contribution is -2.21. The van der Waals surface area contributed by atoms with Crippen LogP contribution < -0.4 is 10.5 Å². The van der Waals surface area contributed by atoms with Crippen molar-refractivity contribution in [2.75, 3.05) is 31.8 Å². The number of fused-ring (bicyclic) bond motifs is 1. The fraction of sp³-hybridized carbons (Fsp3) is 0.312. The van der Waals surface area contributed by atoms with Crippen molar-refractivity contribution < 1.29 is 14.2 Å². The molecule has 0 aliphatic carbocycles. The molecule has 1 aromatic carbocycles. The van der Waals surface area contributed by atoms with Crippen LogP contribution in [-0.2, 0) is 11.3 Å². The van der Waals surface area contributed by atoms with Gasteiger partial charge in [-0.05, 0) is 18.2 Å². The number of aliphatic hydroxyl groups excluding tert-OH is 1. The number of anilines is 2. The average Bonchev–Trinajstić information content (AvgIpc) is 2.97. The van der Waals surface area contributed by atoms with Crippen LogP contribution in [0.5, 0.6) is 0 Å². The third-order valence-corrected chi connectivity index (χ3v) is 4.57. The molecule has 0 unspecified atom stereocenters. The molecule has 0 fully saturated rings. The predicted molar refractivity (Wildman–Crippen MR) is 101 cm³/mol. The van der Waals surface area contributed by atoms with Crippen LogP contribution in [0.25, 0.3) is 11.0 Å². The number of aromatic amines is 1. The predicted octanol–water partition coefficient (Wildman–Crippen LogP) is 2.34. The quantitative estimate of drug-likeness (QED) is 0.574. The third kappa shape index (κ3) is 4.06. The van der Waals surface area contributed by atoms with E-state index >= 15 is 0 Å². The maximum atomic E-state index is 14.2. The molecule has 0 saturated heterocycles. The summed E-state index contributed by atoms with van der Waals surface area (Å²) in [7, 11) is 1.65. The number of ether oxygens (including phenoxy) is 1. The molecule has 0 spiro atoms. The van der Waals surface area contributed by atoms with Gasteiger partial charge in [-0.25, -0.2) is 4.98 Å². The third-order valence-electron chi connectivity index (χ3n) is 3.84. The normalized spacial score (nSPS) is 11.3. The molecule has 0 bridgehead atoms. The Morgan fingerprint density at radius 1 is 1.33 bits per heavy atom. The van der Waals surface area contributed by atoms with Gasteiger partial charge >= 0.3 is 0 Å². The van der Waals surface area contributed by atoms with E-state index in [0.29, 0.717) is 15.7 Å². The molecule has 0 aliphatic rings. The number of halogens is 3. The van der Waals surface area contributed by atoms with Gasteiger partial charge in [0.2, 0.25) is 5.95 Å². The minimum absolute atomic E-state index is 0.00591. The minimum atomic E-state index is -0.859. The van der Waals surface area contributed by atoms with Gasteiger partial charge in [0.25, 0.3) is 11.5 Å². The van der Waals surface area contributed by atoms with E-state index in [2.05, 4.69) is 15.1 Å². The van der Waals surface area contributed by atoms with Crippen LogP contribution in [0.2, 0.25) is 10.0 Å². The molecule has 8 nitrogen and oxygen atoms in total. The number of aliphatic hydroxyl groups is 1. The van der Waals surface area contributed by atoms with Gasteiger partial charge in [-0.1, -0.05) is 23.2 Å². The van der Waals surface area contributed by atoms with Crippen molar-refractivity contribution in [2.45, 2.75) is 6.54 Å². The van der Waals surface area contributed by atoms with Gasteiger partial charge in [-0.2, -0.15) is 4.39 Å². The maximum absolute atomic E-state index is 14.2. The Kier molecular flexibility index (Phi) is 5.95. The van der Waals surface area contributed by atoms with Crippen molar-refractivity contribution >= 4 is 45.9 Å². The second-order valence-corrected chi connectivity index (χ2v) is 6.41. The highest BCUT2D eigenvalue weighted by Gasteiger charge is 2.19. The van der Waals surface area contributed by atoms with Crippen LogP contribution in [0.3, 0.4) is 0 Å². The molecular formula is C16H16Cl2FN5O3. The number of nitrogens with zero attached hydrogens (tertiary/aromatic N) is 4. The summed E-state index contributed by atoms with van der Waals surface area (Å²) in [4.78, 5) is 20.8. The molecule has 3 aromatic rings. The summed E-state index contributed by atoms with van der Waals surface area (Å²) in [5, 5.41) is 13.1. The van der Waals surface area contributed by atoms with E-state index in [1.165, 1.54) is 4.68 Å². The lowest BCUT2D eigenvalue weighted by molar-refractivity contribution is 0.0857. The highest BCUT2D eigenvalue weighted by molar-refractivity contribution is 6.42. The van der Waals surface area contributed by atoms with Gasteiger partial charge in [-0.15, -0.1) is 5.10 Å². The van der Waals surface area contributed by atoms with Crippen molar-refractivity contribution in [1.82, 2.24) is 19.7 Å². The van der Waals surface area contributed by atoms with Gasteiger partial charge in [0.05, 0.1) is 36.4 Å². The Bertz CT molecular complexity index is 1020. The number of hydrogen-bond acceptors (Lipinski definition) is 6. The first-order valence-electron chi connectivity index (χ1n) is 7.96. The number of benzene rings is 1. The summed E-state index contributed by atoms with van der Waals surface area (Å²) in [5.41, 5.74) is -0.0771. The number of H-pyrrole nitrogens is 1. The fourth-order valence-corrected chi connectivity index (χ4v) is 2.79. The lowest BCUT2D eigenvalue weighted by Gasteiger charge is -2.18. The van der Waals surface area contributed by atoms with E-state index in [1.54, 1.807) is 30.1 Å². The smallest absolute Gasteiger partial charge is 0.278 e. The highest BCUT2D eigenvalue weighted by Crippen LogP contribution is 2.29. The van der Waals surface area contributed by atoms with Crippen LogP contribution in [0.1, 0.15) is 0 Å². The van der Waals surface area contributed by atoms with Gasteiger partial charge in [0.1, 0.15) is 0 Å². The minimum Gasteiger partial charge on any atom is -0.394 e. The Balaban J connectivity index is 1.95. The number of rotatable bonds is 7. The Morgan fingerprint density at radius 2 is 2.11 bits per heavy atom. The van der Waals surface area contributed by atoms with Crippen molar-refractivity contribution in [3.05, 3.63) is 44.5 Å². The van der Waals surface area contributed by atoms with Crippen molar-refractivity contribution in [3.63, 3.8) is 0 Å². The standard InChI is InChI=1S/C16H16Cl2FN5O3/c1-23(9-2-3-10(17)11(18)8-9)16-20-12-13(15(26)21-16)24(22-14(12)19)4-6-27-7-5-25/h2-3,8,25H,4-7H2,1H3,(H,20,21,26). The van der Waals surface area contributed by atoms with Crippen LogP contribution in [0, 0.1) is 5.95 Å². The molecular weight excluding hydrogens is 400 g/mol. The molecule has 3 rings (SSSR count). The Hall–Kier alpha value is -2.20. The van der Waals surface area contributed by atoms with E-state index in [9.17, 15) is 9.18 Å². The largest absolute Gasteiger partial charge is 0.394 e. The van der Waals surface area contributed by atoms with Crippen molar-refractivity contribution in [3.8, 4) is 0 Å². The first-order valence-corrected chi connectivity index (χ1v) is 8.71. The van der Waals surface area contributed by atoms with Crippen molar-refractivity contribution in [1.29, 1.82) is 0 Å². The van der Waals surface area contributed by atoms with Gasteiger partial charge in [0.15, 0.2) is 11.0 Å². The molecule has 0 radical (unpaired) electrons. The summed E-state index contributed by atoms with van der Waals surface area (Å²) in [6, 6.07) is 4.90. The summed E-state index contributed by atoms with van der Waals surface area (Å²) in [6.07, 6.45) is 0. The van der Waals surface area contributed by atoms with E-state index < -0.39 is 11.5 Å². The second kappa shape index (κ2) is 8.22. The van der Waals surface area contributed by atoms with Gasteiger partial charge in [-0.3, -0.25) is 14.5 Å². The average molecular weight is 416 g/mol. The zero-order valence-corrected chi connectivity index (χ0v) is 15.8. The lowest BCUT2D eigenvalue weighted by atomic mass is 10.3. The molecule has 2 heterocycles. The Labute approximate surface area is 163 Å². The van der Waals surface area contributed by atoms with E-state index in [0.717, 1.165) is 0 Å². The summed E-state index contributed by atoms with van der Waals surface area (Å²) in [6.45, 7) is 0.337. The zero-order chi connectivity index (χ0) is 19.6. The molecule has 0 atom stereocenters. The summed E-state index contributed by atoms with van der Waals surface area (Å²) in [5.74, 6) is -0.733. The van der Waals surface area contributed by atoms with Gasteiger partial charge in [0, 0.05) is 12.7 Å². The number of hydrogen-bond donors (Lipinski definition) is 2. The first-order chi connectivity index (χ1) is 12.9. The molecule has 0 amide bonds. The summed E-state index contributed by atoms with van der Waals surface area (Å²) >= 11 is 11.9. The van der Waals surface area contributed by atoms with E-state index in [-0.39, 0.29) is 43.3 Å². The van der Waals surface area contributed by atoms with Crippen LogP contribution in [-0.4, -0.2) is 51.7 Å². The molecule has 0 aliphatic heterocycles. The summed E-state index contributed by atoms with van der Waals surface area (Å²) < 4.78 is 20.6. The molecule has 144 valence electrons. The fourth-order valence-electron chi connectivity index (χ4n) is 2.50. The van der Waals surface area contributed by atoms with Crippen LogP contribution in [0.4, 0.5) is 16.0 Å². The Morgan fingerprint density at radius 3 is 2.81 bits per heavy atom. The highest BCUT2D eigenvalue weighted by atomic mass is 35.5. The van der Waals surface area contributed by atoms with E-state index in [4.69, 9.17) is 33.0 Å². The molecule has 2 N–H and O–H groups in total. The van der Waals surface area contributed by atoms with Crippen molar-refractivity contribution in [2.24, 2.45) is 0 Å². The molecule has 2 aromatic heterocycles. The zero-order valence-electron chi connectivity index (χ0n) is 14.2. The second-order valence-electron chi connectivity index (χ2n) is 5.59. The SMILES string of the molecule is CN(c1ccc(Cl)c(Cl)c1)c1nc2c(F)nn(CCOCCO)c2c(=O)[nH]1. The van der Waals surface area contributed by atoms with Gasteiger partial charge < -0.3 is 14.7 Å². The number of aromatic nitrogens is 4. The molecule has 11 heteroatoms. The topological polar surface area (TPSA) is 96.3 Å². The maximum Gasteiger partial charge on any atom is 0.278 e. The number of nitrogens with one attached hydrogen (secondary N) is 1. The van der Waals surface area contributed by atoms with Crippen LogP contribution in [0.15, 0.2) is 23.0 Å². The van der Waals surface area contributed by atoms with Crippen LogP contribution >= 0.6 is 23.2 Å². The molecule has 27 heavy (non-hydrogen) atoms. The molecule has 0 saturated carbocycles. The van der Waals surface area contributed by atoms with E-state index in [1.807, 2.05) is 0 Å².